The van der Waals surface area contributed by atoms with Crippen LogP contribution in [-0.2, 0) is 16.1 Å². The first-order chi connectivity index (χ1) is 16.5. The number of hydrogen-bond acceptors (Lipinski definition) is 4. The normalized spacial score (nSPS) is 13.6. The number of anilines is 1. The number of benzene rings is 3. The highest BCUT2D eigenvalue weighted by Gasteiger charge is 2.42. The average Bonchev–Trinajstić information content (AvgIpc) is 3.12. The molecular formula is C28H27FN2O3. The van der Waals surface area contributed by atoms with Gasteiger partial charge in [0.05, 0.1) is 17.9 Å². The molecule has 1 aliphatic rings. The van der Waals surface area contributed by atoms with E-state index in [0.717, 1.165) is 12.0 Å². The Morgan fingerprint density at radius 1 is 0.882 bits per heavy atom. The maximum absolute atomic E-state index is 13.8. The van der Waals surface area contributed by atoms with Gasteiger partial charge < -0.3 is 9.64 Å². The molecule has 1 heterocycles. The maximum Gasteiger partial charge on any atom is 0.282 e. The summed E-state index contributed by atoms with van der Waals surface area (Å²) in [7, 11) is 0. The highest BCUT2D eigenvalue weighted by Crippen LogP contribution is 2.36. The summed E-state index contributed by atoms with van der Waals surface area (Å²) in [5, 5.41) is 0. The number of carbonyl (C=O) groups excluding carboxylic acids is 2. The number of nitrogens with zero attached hydrogens (tertiary/aromatic N) is 2. The molecule has 0 bridgehead atoms. The van der Waals surface area contributed by atoms with Crippen LogP contribution in [0.4, 0.5) is 10.1 Å². The molecule has 0 saturated heterocycles. The van der Waals surface area contributed by atoms with Crippen molar-refractivity contribution in [3.8, 4) is 5.75 Å². The van der Waals surface area contributed by atoms with E-state index in [2.05, 4.69) is 0 Å². The fourth-order valence-electron chi connectivity index (χ4n) is 4.01. The van der Waals surface area contributed by atoms with E-state index < -0.39 is 17.6 Å². The monoisotopic (exact) mass is 458 g/mol. The number of ether oxygens (including phenoxy) is 1. The van der Waals surface area contributed by atoms with Gasteiger partial charge in [-0.15, -0.1) is 0 Å². The Hall–Kier alpha value is -3.93. The third-order valence-electron chi connectivity index (χ3n) is 5.66. The second-order valence-electron chi connectivity index (χ2n) is 8.02. The predicted molar refractivity (Wildman–Crippen MR) is 131 cm³/mol. The first kappa shape index (κ1) is 23.2. The summed E-state index contributed by atoms with van der Waals surface area (Å²) >= 11 is 0. The smallest absolute Gasteiger partial charge is 0.282 e. The second-order valence-corrected chi connectivity index (χ2v) is 8.02. The van der Waals surface area contributed by atoms with Gasteiger partial charge in [-0.1, -0.05) is 55.5 Å². The number of likely N-dealkylation sites (N-methyl/N-ethyl adjacent to an activating group) is 1. The lowest BCUT2D eigenvalue weighted by atomic mass is 10.0. The molecule has 0 radical (unpaired) electrons. The van der Waals surface area contributed by atoms with E-state index in [1.54, 1.807) is 24.3 Å². The van der Waals surface area contributed by atoms with Crippen molar-refractivity contribution in [2.45, 2.75) is 26.8 Å². The van der Waals surface area contributed by atoms with Crippen molar-refractivity contribution < 1.29 is 18.7 Å². The van der Waals surface area contributed by atoms with E-state index in [4.69, 9.17) is 4.74 Å². The summed E-state index contributed by atoms with van der Waals surface area (Å²) in [4.78, 5) is 30.5. The Morgan fingerprint density at radius 2 is 1.62 bits per heavy atom. The van der Waals surface area contributed by atoms with Crippen molar-refractivity contribution in [3.05, 3.63) is 102 Å². The van der Waals surface area contributed by atoms with Crippen LogP contribution < -0.4 is 9.64 Å². The third-order valence-corrected chi connectivity index (χ3v) is 5.66. The molecule has 0 aliphatic carbocycles. The summed E-state index contributed by atoms with van der Waals surface area (Å²) < 4.78 is 19.4. The van der Waals surface area contributed by atoms with E-state index in [9.17, 15) is 14.0 Å². The number of rotatable bonds is 9. The third kappa shape index (κ3) is 4.71. The largest absolute Gasteiger partial charge is 0.494 e. The molecule has 0 N–H and O–H groups in total. The summed E-state index contributed by atoms with van der Waals surface area (Å²) in [5.41, 5.74) is 2.53. The molecule has 34 heavy (non-hydrogen) atoms. The van der Waals surface area contributed by atoms with Crippen LogP contribution in [0.5, 0.6) is 5.75 Å². The number of halogens is 1. The topological polar surface area (TPSA) is 49.9 Å². The van der Waals surface area contributed by atoms with E-state index in [-0.39, 0.29) is 5.57 Å². The second kappa shape index (κ2) is 10.3. The van der Waals surface area contributed by atoms with Crippen molar-refractivity contribution in [1.29, 1.82) is 0 Å². The van der Waals surface area contributed by atoms with Crippen molar-refractivity contribution >= 4 is 23.1 Å². The van der Waals surface area contributed by atoms with E-state index in [1.807, 2.05) is 49.1 Å². The zero-order chi connectivity index (χ0) is 24.1. The molecule has 0 aromatic heterocycles. The van der Waals surface area contributed by atoms with E-state index in [0.29, 0.717) is 42.4 Å². The molecule has 0 spiro atoms. The molecule has 0 atom stereocenters. The fourth-order valence-corrected chi connectivity index (χ4v) is 4.01. The molecule has 174 valence electrons. The van der Waals surface area contributed by atoms with Gasteiger partial charge in [0.25, 0.3) is 11.8 Å². The molecule has 0 unspecified atom stereocenters. The first-order valence-corrected chi connectivity index (χ1v) is 11.4. The van der Waals surface area contributed by atoms with Crippen molar-refractivity contribution in [2.24, 2.45) is 0 Å². The SMILES string of the molecule is CCCOc1cccc(N2C(=O)C(c3ccc(F)cc3)=C(N(CC)Cc3ccccc3)C2=O)c1. The summed E-state index contributed by atoms with van der Waals surface area (Å²) in [6.45, 7) is 5.47. The summed E-state index contributed by atoms with van der Waals surface area (Å²) in [6, 6.07) is 22.4. The van der Waals surface area contributed by atoms with Crippen LogP contribution in [0.3, 0.4) is 0 Å². The van der Waals surface area contributed by atoms with Gasteiger partial charge >= 0.3 is 0 Å². The zero-order valence-corrected chi connectivity index (χ0v) is 19.3. The van der Waals surface area contributed by atoms with Gasteiger partial charge in [-0.2, -0.15) is 0 Å². The molecule has 4 rings (SSSR count). The Kier molecular flexibility index (Phi) is 7.07. The van der Waals surface area contributed by atoms with Gasteiger partial charge in [-0.3, -0.25) is 9.59 Å². The first-order valence-electron chi connectivity index (χ1n) is 11.4. The molecule has 3 aromatic carbocycles. The Bertz CT molecular complexity index is 1210. The summed E-state index contributed by atoms with van der Waals surface area (Å²) in [5.74, 6) is -0.661. The highest BCUT2D eigenvalue weighted by molar-refractivity contribution is 6.45. The van der Waals surface area contributed by atoms with Crippen molar-refractivity contribution in [3.63, 3.8) is 0 Å². The molecule has 1 aliphatic heterocycles. The lowest BCUT2D eigenvalue weighted by Crippen LogP contribution is -2.35. The predicted octanol–water partition coefficient (Wildman–Crippen LogP) is 5.42. The van der Waals surface area contributed by atoms with Gasteiger partial charge in [0.1, 0.15) is 17.3 Å². The minimum absolute atomic E-state index is 0.266. The Labute approximate surface area is 199 Å². The van der Waals surface area contributed by atoms with Gasteiger partial charge in [0, 0.05) is 19.2 Å². The van der Waals surface area contributed by atoms with Gasteiger partial charge in [0.2, 0.25) is 0 Å². The lowest BCUT2D eigenvalue weighted by molar-refractivity contribution is -0.120. The standard InChI is InChI=1S/C28H27FN2O3/c1-3-17-34-24-12-8-11-23(18-24)31-27(32)25(21-13-15-22(29)16-14-21)26(28(31)33)30(4-2)19-20-9-6-5-7-10-20/h5-16,18H,3-4,17,19H2,1-2H3. The molecule has 0 saturated carbocycles. The average molecular weight is 459 g/mol. The minimum atomic E-state index is -0.439. The van der Waals surface area contributed by atoms with Crippen LogP contribution in [0.2, 0.25) is 0 Å². The molecular weight excluding hydrogens is 431 g/mol. The van der Waals surface area contributed by atoms with Crippen LogP contribution >= 0.6 is 0 Å². The lowest BCUT2D eigenvalue weighted by Gasteiger charge is -2.25. The van der Waals surface area contributed by atoms with Crippen LogP contribution in [0.1, 0.15) is 31.4 Å². The molecule has 5 nitrogen and oxygen atoms in total. The number of hydrogen-bond donors (Lipinski definition) is 0. The molecule has 0 fully saturated rings. The van der Waals surface area contributed by atoms with Crippen molar-refractivity contribution in [2.75, 3.05) is 18.1 Å². The number of amides is 2. The van der Waals surface area contributed by atoms with Crippen LogP contribution in [0, 0.1) is 5.82 Å². The number of carbonyl (C=O) groups is 2. The Balaban J connectivity index is 1.78. The van der Waals surface area contributed by atoms with E-state index >= 15 is 0 Å². The molecule has 2 amide bonds. The number of imide groups is 1. The van der Waals surface area contributed by atoms with Gasteiger partial charge in [0.15, 0.2) is 0 Å². The molecule has 3 aromatic rings. The van der Waals surface area contributed by atoms with Gasteiger partial charge in [-0.05, 0) is 48.7 Å². The van der Waals surface area contributed by atoms with Crippen LogP contribution in [-0.4, -0.2) is 29.9 Å². The minimum Gasteiger partial charge on any atom is -0.494 e. The highest BCUT2D eigenvalue weighted by atomic mass is 19.1. The Morgan fingerprint density at radius 3 is 2.29 bits per heavy atom. The van der Waals surface area contributed by atoms with E-state index in [1.165, 1.54) is 29.2 Å². The van der Waals surface area contributed by atoms with Crippen molar-refractivity contribution in [1.82, 2.24) is 4.90 Å². The zero-order valence-electron chi connectivity index (χ0n) is 19.3. The maximum atomic E-state index is 13.8. The van der Waals surface area contributed by atoms with Crippen LogP contribution in [0.25, 0.3) is 5.57 Å². The summed E-state index contributed by atoms with van der Waals surface area (Å²) in [6.07, 6.45) is 0.844. The van der Waals surface area contributed by atoms with Crippen LogP contribution in [0.15, 0.2) is 84.6 Å². The molecule has 6 heteroatoms. The fraction of sp³-hybridized carbons (Fsp3) is 0.214. The quantitative estimate of drug-likeness (QED) is 0.402. The van der Waals surface area contributed by atoms with Gasteiger partial charge in [-0.25, -0.2) is 9.29 Å².